The maximum absolute atomic E-state index is 9.75. The molecule has 0 spiro atoms. The van der Waals surface area contributed by atoms with Crippen molar-refractivity contribution < 1.29 is 22.0 Å². The first kappa shape index (κ1) is 14.2. The van der Waals surface area contributed by atoms with Crippen LogP contribution in [0.4, 0.5) is 23.0 Å². The summed E-state index contributed by atoms with van der Waals surface area (Å²) in [5.74, 6) is 0.792. The molecule has 88 valence electrons. The average Bonchev–Trinajstić information content (AvgIpc) is 2.17. The van der Waals surface area contributed by atoms with Crippen molar-refractivity contribution in [2.45, 2.75) is 6.92 Å². The van der Waals surface area contributed by atoms with Gasteiger partial charge >= 0.3 is 12.9 Å². The molecule has 0 amide bonds. The molecule has 0 saturated heterocycles. The molecule has 0 N–H and O–H groups in total. The number of hydrogen-bond donors (Lipinski definition) is 0. The molecule has 1 aromatic rings. The van der Waals surface area contributed by atoms with Gasteiger partial charge in [0.2, 0.25) is 5.39 Å². The second-order valence-corrected chi connectivity index (χ2v) is 2.52. The van der Waals surface area contributed by atoms with Crippen LogP contribution in [-0.4, -0.2) is 13.9 Å². The summed E-state index contributed by atoms with van der Waals surface area (Å²) >= 11 is 0. The summed E-state index contributed by atoms with van der Waals surface area (Å²) in [4.78, 5) is 3.02. The summed E-state index contributed by atoms with van der Waals surface area (Å²) < 4.78 is 44.2. The van der Waals surface area contributed by atoms with Crippen LogP contribution < -0.4 is 4.74 Å². The Bertz CT molecular complexity index is 341. The SMILES string of the molecule is CCOc1ccc([N+]#N)cc1.F[B-](F)(F)F. The van der Waals surface area contributed by atoms with Crippen LogP contribution in [0.15, 0.2) is 24.3 Å². The van der Waals surface area contributed by atoms with E-state index in [4.69, 9.17) is 10.1 Å². The molecular weight excluding hydrogens is 227 g/mol. The predicted molar refractivity (Wildman–Crippen MR) is 52.5 cm³/mol. The molecule has 0 aliphatic carbocycles. The highest BCUT2D eigenvalue weighted by molar-refractivity contribution is 6.50. The summed E-state index contributed by atoms with van der Waals surface area (Å²) in [6.07, 6.45) is 0. The Morgan fingerprint density at radius 3 is 1.94 bits per heavy atom. The average molecular weight is 236 g/mol. The summed E-state index contributed by atoms with van der Waals surface area (Å²) in [6, 6.07) is 6.90. The molecule has 0 aliphatic rings. The van der Waals surface area contributed by atoms with E-state index in [1.807, 2.05) is 6.92 Å². The topological polar surface area (TPSA) is 37.4 Å². The number of ether oxygens (including phenoxy) is 1. The van der Waals surface area contributed by atoms with Crippen molar-refractivity contribution in [3.05, 3.63) is 29.2 Å². The van der Waals surface area contributed by atoms with Gasteiger partial charge in [-0.3, -0.25) is 0 Å². The molecule has 16 heavy (non-hydrogen) atoms. The Labute approximate surface area is 89.8 Å². The van der Waals surface area contributed by atoms with E-state index in [9.17, 15) is 17.3 Å². The number of benzene rings is 1. The second-order valence-electron chi connectivity index (χ2n) is 2.52. The van der Waals surface area contributed by atoms with Gasteiger partial charge in [-0.05, 0) is 19.1 Å². The standard InChI is InChI=1S/C8H9N2O.BF4/c1-2-11-8-5-3-7(10-9)4-6-8;2-1(3,4)5/h3-6H,2H2,1H3;/q+1;-1. The van der Waals surface area contributed by atoms with Crippen molar-refractivity contribution in [3.8, 4) is 5.75 Å². The van der Waals surface area contributed by atoms with Gasteiger partial charge in [-0.25, -0.2) is 0 Å². The van der Waals surface area contributed by atoms with Crippen molar-refractivity contribution in [2.75, 3.05) is 6.61 Å². The first-order valence-electron chi connectivity index (χ1n) is 4.32. The monoisotopic (exact) mass is 236 g/mol. The maximum atomic E-state index is 9.75. The van der Waals surface area contributed by atoms with Gasteiger partial charge in [0.25, 0.3) is 0 Å². The van der Waals surface area contributed by atoms with E-state index in [0.29, 0.717) is 12.3 Å². The zero-order valence-corrected chi connectivity index (χ0v) is 8.41. The molecule has 3 nitrogen and oxygen atoms in total. The summed E-state index contributed by atoms with van der Waals surface area (Å²) in [5, 5.41) is 8.34. The zero-order valence-electron chi connectivity index (χ0n) is 8.41. The van der Waals surface area contributed by atoms with Gasteiger partial charge in [-0.2, -0.15) is 0 Å². The Hall–Kier alpha value is -1.78. The third-order valence-electron chi connectivity index (χ3n) is 1.26. The van der Waals surface area contributed by atoms with Crippen molar-refractivity contribution in [1.29, 1.82) is 5.39 Å². The molecule has 1 aromatic carbocycles. The van der Waals surface area contributed by atoms with Crippen molar-refractivity contribution in [3.63, 3.8) is 0 Å². The van der Waals surface area contributed by atoms with Gasteiger partial charge in [0.1, 0.15) is 5.75 Å². The molecule has 0 fully saturated rings. The number of hydrogen-bond acceptors (Lipinski definition) is 2. The molecule has 0 heterocycles. The molecule has 0 radical (unpaired) electrons. The van der Waals surface area contributed by atoms with Crippen molar-refractivity contribution in [2.24, 2.45) is 0 Å². The van der Waals surface area contributed by atoms with Gasteiger partial charge in [0.15, 0.2) is 4.98 Å². The van der Waals surface area contributed by atoms with Gasteiger partial charge < -0.3 is 22.0 Å². The molecule has 8 heteroatoms. The van der Waals surface area contributed by atoms with Crippen LogP contribution in [0, 0.1) is 5.39 Å². The molecule has 0 bridgehead atoms. The van der Waals surface area contributed by atoms with E-state index in [1.165, 1.54) is 0 Å². The molecule has 0 unspecified atom stereocenters. The van der Waals surface area contributed by atoms with Gasteiger partial charge in [-0.15, -0.1) is 0 Å². The zero-order chi connectivity index (χ0) is 12.6. The van der Waals surface area contributed by atoms with Crippen LogP contribution in [0.25, 0.3) is 4.98 Å². The third kappa shape index (κ3) is 8.81. The quantitative estimate of drug-likeness (QED) is 0.444. The lowest BCUT2D eigenvalue weighted by molar-refractivity contribution is 0.340. The highest BCUT2D eigenvalue weighted by Gasteiger charge is 2.20. The molecule has 0 aromatic heterocycles. The third-order valence-corrected chi connectivity index (χ3v) is 1.26. The largest absolute Gasteiger partial charge is 0.673 e. The van der Waals surface area contributed by atoms with Crippen LogP contribution in [0.1, 0.15) is 6.92 Å². The second kappa shape index (κ2) is 6.66. The minimum Gasteiger partial charge on any atom is -0.494 e. The summed E-state index contributed by atoms with van der Waals surface area (Å²) in [5.41, 5.74) is 0.536. The highest BCUT2D eigenvalue weighted by atomic mass is 19.5. The smallest absolute Gasteiger partial charge is 0.494 e. The van der Waals surface area contributed by atoms with E-state index in [1.54, 1.807) is 24.3 Å². The normalized spacial score (nSPS) is 9.75. The number of rotatable bonds is 2. The molecular formula is C8H9BF4N2O. The molecule has 0 saturated carbocycles. The number of diazo groups is 1. The maximum Gasteiger partial charge on any atom is 0.673 e. The lowest BCUT2D eigenvalue weighted by Gasteiger charge is -1.98. The van der Waals surface area contributed by atoms with E-state index in [2.05, 4.69) is 4.98 Å². The fourth-order valence-electron chi connectivity index (χ4n) is 0.776. The Balaban J connectivity index is 0.000000385. The fourth-order valence-corrected chi connectivity index (χ4v) is 0.776. The van der Waals surface area contributed by atoms with Gasteiger partial charge in [0.05, 0.1) is 6.61 Å². The van der Waals surface area contributed by atoms with Crippen LogP contribution in [0.2, 0.25) is 0 Å². The van der Waals surface area contributed by atoms with Crippen LogP contribution in [-0.2, 0) is 0 Å². The number of nitrogens with zero attached hydrogens (tertiary/aromatic N) is 2. The lowest BCUT2D eigenvalue weighted by atomic mass is 10.3. The van der Waals surface area contributed by atoms with Crippen molar-refractivity contribution >= 4 is 12.9 Å². The van der Waals surface area contributed by atoms with Gasteiger partial charge in [-0.1, -0.05) is 0 Å². The number of halogens is 4. The molecule has 0 atom stereocenters. The summed E-state index contributed by atoms with van der Waals surface area (Å²) in [6.45, 7) is 2.57. The highest BCUT2D eigenvalue weighted by Crippen LogP contribution is 2.17. The minimum atomic E-state index is -6.00. The first-order chi connectivity index (χ1) is 7.36. The van der Waals surface area contributed by atoms with E-state index >= 15 is 0 Å². The Kier molecular flexibility index (Phi) is 5.92. The van der Waals surface area contributed by atoms with Crippen LogP contribution >= 0.6 is 0 Å². The lowest BCUT2D eigenvalue weighted by Crippen LogP contribution is -2.02. The first-order valence-corrected chi connectivity index (χ1v) is 4.32. The fraction of sp³-hybridized carbons (Fsp3) is 0.250. The van der Waals surface area contributed by atoms with E-state index < -0.39 is 7.25 Å². The van der Waals surface area contributed by atoms with Crippen molar-refractivity contribution in [1.82, 2.24) is 0 Å². The minimum absolute atomic E-state index is 0.536. The molecule has 1 rings (SSSR count). The predicted octanol–water partition coefficient (Wildman–Crippen LogP) is 3.87. The Morgan fingerprint density at radius 2 is 1.62 bits per heavy atom. The Morgan fingerprint density at radius 1 is 1.19 bits per heavy atom. The molecule has 0 aliphatic heterocycles. The summed E-state index contributed by atoms with van der Waals surface area (Å²) in [7, 11) is -6.00. The van der Waals surface area contributed by atoms with E-state index in [-0.39, 0.29) is 0 Å². The van der Waals surface area contributed by atoms with Crippen LogP contribution in [0.5, 0.6) is 5.75 Å². The van der Waals surface area contributed by atoms with Gasteiger partial charge in [0, 0.05) is 12.1 Å². The van der Waals surface area contributed by atoms with Crippen LogP contribution in [0.3, 0.4) is 0 Å². The van der Waals surface area contributed by atoms with E-state index in [0.717, 1.165) is 5.75 Å².